The summed E-state index contributed by atoms with van der Waals surface area (Å²) in [5, 5.41) is 9.20. The number of hydrogen-bond acceptors (Lipinski definition) is 4. The summed E-state index contributed by atoms with van der Waals surface area (Å²) in [6, 6.07) is 6.54. The molecule has 0 amide bonds. The summed E-state index contributed by atoms with van der Waals surface area (Å²) in [4.78, 5) is 1.79. The molecule has 0 saturated carbocycles. The minimum Gasteiger partial charge on any atom is -0.382 e. The number of alkyl halides is 3. The summed E-state index contributed by atoms with van der Waals surface area (Å²) in [5.41, 5.74) is 0.805. The van der Waals surface area contributed by atoms with Gasteiger partial charge >= 0.3 is 6.18 Å². The SMILES string of the molecule is CS(=O)(=O)c1cccc(C2CCCN(C[C@H](O)C(F)(F)F)C2)c1. The molecule has 1 saturated heterocycles. The van der Waals surface area contributed by atoms with Gasteiger partial charge in [-0.2, -0.15) is 13.2 Å². The Kier molecular flexibility index (Phi) is 5.37. The number of likely N-dealkylation sites (tertiary alicyclic amines) is 1. The lowest BCUT2D eigenvalue weighted by atomic mass is 9.90. The van der Waals surface area contributed by atoms with E-state index in [2.05, 4.69) is 0 Å². The molecule has 4 nitrogen and oxygen atoms in total. The Bertz CT molecular complexity index is 646. The molecule has 1 aliphatic rings. The van der Waals surface area contributed by atoms with E-state index in [0.717, 1.165) is 18.2 Å². The van der Waals surface area contributed by atoms with Gasteiger partial charge in [-0.15, -0.1) is 0 Å². The van der Waals surface area contributed by atoms with Gasteiger partial charge in [0.25, 0.3) is 0 Å². The second kappa shape index (κ2) is 6.78. The molecule has 1 fully saturated rings. The molecule has 0 spiro atoms. The third-order valence-corrected chi connectivity index (χ3v) is 5.18. The minimum atomic E-state index is -4.62. The first-order valence-electron chi connectivity index (χ1n) is 7.34. The predicted molar refractivity (Wildman–Crippen MR) is 80.0 cm³/mol. The third kappa shape index (κ3) is 4.92. The molecule has 1 aromatic carbocycles. The Morgan fingerprint density at radius 1 is 1.39 bits per heavy atom. The zero-order chi connectivity index (χ0) is 17.3. The maximum absolute atomic E-state index is 12.5. The summed E-state index contributed by atoms with van der Waals surface area (Å²) in [6.45, 7) is 0.418. The van der Waals surface area contributed by atoms with Gasteiger partial charge in [0.2, 0.25) is 0 Å². The Labute approximate surface area is 133 Å². The number of aliphatic hydroxyl groups excluding tert-OH is 1. The summed E-state index contributed by atoms with van der Waals surface area (Å²) in [6.07, 6.45) is -4.37. The highest BCUT2D eigenvalue weighted by Gasteiger charge is 2.39. The van der Waals surface area contributed by atoms with Crippen molar-refractivity contribution in [2.75, 3.05) is 25.9 Å². The highest BCUT2D eigenvalue weighted by Crippen LogP contribution is 2.29. The van der Waals surface area contributed by atoms with Crippen molar-refractivity contribution in [1.82, 2.24) is 4.90 Å². The fourth-order valence-electron chi connectivity index (χ4n) is 2.84. The van der Waals surface area contributed by atoms with Gasteiger partial charge < -0.3 is 5.11 Å². The van der Waals surface area contributed by atoms with Crippen LogP contribution in [-0.4, -0.2) is 56.6 Å². The van der Waals surface area contributed by atoms with E-state index in [1.807, 2.05) is 0 Å². The molecule has 23 heavy (non-hydrogen) atoms. The predicted octanol–water partition coefficient (Wildman–Crippen LogP) is 2.19. The fourth-order valence-corrected chi connectivity index (χ4v) is 3.52. The maximum atomic E-state index is 12.5. The number of piperidine rings is 1. The lowest BCUT2D eigenvalue weighted by Gasteiger charge is -2.34. The number of β-amino-alcohol motifs (C(OH)–C–C–N with tert-alkyl or cyclic N) is 1. The molecule has 2 atom stereocenters. The second-order valence-corrected chi connectivity index (χ2v) is 8.02. The molecule has 0 aliphatic carbocycles. The first-order chi connectivity index (χ1) is 10.6. The molecular formula is C15H20F3NO3S. The Morgan fingerprint density at radius 2 is 2.09 bits per heavy atom. The molecule has 0 aromatic heterocycles. The lowest BCUT2D eigenvalue weighted by molar-refractivity contribution is -0.208. The van der Waals surface area contributed by atoms with Gasteiger partial charge in [0.1, 0.15) is 0 Å². The van der Waals surface area contributed by atoms with Crippen LogP contribution in [0.15, 0.2) is 29.2 Å². The molecule has 1 unspecified atom stereocenters. The summed E-state index contributed by atoms with van der Waals surface area (Å²) < 4.78 is 60.6. The number of rotatable bonds is 4. The van der Waals surface area contributed by atoms with E-state index < -0.39 is 28.7 Å². The Balaban J connectivity index is 2.10. The van der Waals surface area contributed by atoms with Crippen molar-refractivity contribution < 1.29 is 26.7 Å². The normalized spacial score (nSPS) is 22.0. The molecule has 0 bridgehead atoms. The van der Waals surface area contributed by atoms with Gasteiger partial charge in [0, 0.05) is 19.3 Å². The highest BCUT2D eigenvalue weighted by molar-refractivity contribution is 7.90. The van der Waals surface area contributed by atoms with Crippen LogP contribution in [-0.2, 0) is 9.84 Å². The van der Waals surface area contributed by atoms with E-state index >= 15 is 0 Å². The van der Waals surface area contributed by atoms with Crippen LogP contribution in [0.25, 0.3) is 0 Å². The van der Waals surface area contributed by atoms with Crippen LogP contribution in [0.4, 0.5) is 13.2 Å². The van der Waals surface area contributed by atoms with Crippen molar-refractivity contribution in [3.05, 3.63) is 29.8 Å². The van der Waals surface area contributed by atoms with E-state index in [-0.39, 0.29) is 10.8 Å². The van der Waals surface area contributed by atoms with Crippen LogP contribution in [0.5, 0.6) is 0 Å². The fraction of sp³-hybridized carbons (Fsp3) is 0.600. The van der Waals surface area contributed by atoms with E-state index in [1.54, 1.807) is 23.1 Å². The molecule has 2 rings (SSSR count). The number of nitrogens with zero attached hydrogens (tertiary/aromatic N) is 1. The quantitative estimate of drug-likeness (QED) is 0.904. The highest BCUT2D eigenvalue weighted by atomic mass is 32.2. The zero-order valence-electron chi connectivity index (χ0n) is 12.8. The largest absolute Gasteiger partial charge is 0.415 e. The van der Waals surface area contributed by atoms with Crippen molar-refractivity contribution in [3.8, 4) is 0 Å². The van der Waals surface area contributed by atoms with Crippen molar-refractivity contribution in [2.45, 2.75) is 35.9 Å². The van der Waals surface area contributed by atoms with E-state index in [4.69, 9.17) is 0 Å². The topological polar surface area (TPSA) is 57.6 Å². The van der Waals surface area contributed by atoms with Gasteiger partial charge in [0.15, 0.2) is 15.9 Å². The number of halogens is 3. The van der Waals surface area contributed by atoms with E-state index in [9.17, 15) is 26.7 Å². The van der Waals surface area contributed by atoms with Gasteiger partial charge in [0.05, 0.1) is 4.90 Å². The zero-order valence-corrected chi connectivity index (χ0v) is 13.6. The molecule has 130 valence electrons. The number of aliphatic hydroxyl groups is 1. The minimum absolute atomic E-state index is 0.0362. The van der Waals surface area contributed by atoms with Crippen LogP contribution in [0, 0.1) is 0 Å². The average Bonchev–Trinajstić information content (AvgIpc) is 2.46. The number of sulfone groups is 1. The lowest BCUT2D eigenvalue weighted by Crippen LogP contribution is -2.44. The second-order valence-electron chi connectivity index (χ2n) is 6.00. The number of hydrogen-bond donors (Lipinski definition) is 1. The molecule has 8 heteroatoms. The van der Waals surface area contributed by atoms with Crippen LogP contribution < -0.4 is 0 Å². The molecule has 0 radical (unpaired) electrons. The first kappa shape index (κ1) is 18.2. The van der Waals surface area contributed by atoms with Crippen LogP contribution in [0.1, 0.15) is 24.3 Å². The average molecular weight is 351 g/mol. The van der Waals surface area contributed by atoms with Crippen molar-refractivity contribution in [1.29, 1.82) is 0 Å². The first-order valence-corrected chi connectivity index (χ1v) is 9.23. The van der Waals surface area contributed by atoms with Crippen molar-refractivity contribution >= 4 is 9.84 Å². The summed E-state index contributed by atoms with van der Waals surface area (Å²) in [7, 11) is -3.32. The van der Waals surface area contributed by atoms with Crippen LogP contribution in [0.3, 0.4) is 0 Å². The Morgan fingerprint density at radius 3 is 2.70 bits per heavy atom. The van der Waals surface area contributed by atoms with Crippen LogP contribution >= 0.6 is 0 Å². The van der Waals surface area contributed by atoms with E-state index in [1.165, 1.54) is 6.07 Å². The third-order valence-electron chi connectivity index (χ3n) is 4.07. The Hall–Kier alpha value is -1.12. The smallest absolute Gasteiger partial charge is 0.382 e. The number of benzene rings is 1. The molecular weight excluding hydrogens is 331 g/mol. The van der Waals surface area contributed by atoms with Gasteiger partial charge in [-0.1, -0.05) is 12.1 Å². The van der Waals surface area contributed by atoms with Gasteiger partial charge in [-0.05, 0) is 43.0 Å². The monoisotopic (exact) mass is 351 g/mol. The van der Waals surface area contributed by atoms with Crippen LogP contribution in [0.2, 0.25) is 0 Å². The summed E-state index contributed by atoms with van der Waals surface area (Å²) >= 11 is 0. The van der Waals surface area contributed by atoms with Gasteiger partial charge in [-0.3, -0.25) is 4.90 Å². The standard InChI is InChI=1S/C15H20F3NO3S/c1-23(21,22)13-6-2-4-11(8-13)12-5-3-7-19(9-12)10-14(20)15(16,17)18/h2,4,6,8,12,14,20H,3,5,7,9-10H2,1H3/t12?,14-/m0/s1. The molecule has 1 aliphatic heterocycles. The molecule has 1 aromatic rings. The van der Waals surface area contributed by atoms with Crippen molar-refractivity contribution in [3.63, 3.8) is 0 Å². The molecule has 1 N–H and O–H groups in total. The molecule has 1 heterocycles. The summed E-state index contributed by atoms with van der Waals surface area (Å²) in [5.74, 6) is -0.0362. The van der Waals surface area contributed by atoms with Gasteiger partial charge in [-0.25, -0.2) is 8.42 Å². The maximum Gasteiger partial charge on any atom is 0.415 e. The van der Waals surface area contributed by atoms with E-state index in [0.29, 0.717) is 19.5 Å². The van der Waals surface area contributed by atoms with Crippen molar-refractivity contribution in [2.24, 2.45) is 0 Å².